The van der Waals surface area contributed by atoms with E-state index in [1.54, 1.807) is 0 Å². The average Bonchev–Trinajstić information content (AvgIpc) is 2.78. The Labute approximate surface area is 137 Å². The van der Waals surface area contributed by atoms with Crippen LogP contribution in [0, 0.1) is 6.92 Å². The van der Waals surface area contributed by atoms with E-state index in [4.69, 9.17) is 0 Å². The van der Waals surface area contributed by atoms with Crippen molar-refractivity contribution < 1.29 is 4.39 Å². The number of nitrogens with zero attached hydrogens (tertiary/aromatic N) is 1. The fourth-order valence-corrected chi connectivity index (χ4v) is 3.08. The van der Waals surface area contributed by atoms with Gasteiger partial charge in [0.2, 0.25) is 0 Å². The number of hydrogen-bond donors (Lipinski definition) is 2. The highest BCUT2D eigenvalue weighted by molar-refractivity contribution is 5.86. The molecule has 0 spiro atoms. The van der Waals surface area contributed by atoms with Crippen LogP contribution < -0.4 is 5.32 Å². The second-order valence-electron chi connectivity index (χ2n) is 5.17. The number of piperazine rings is 1. The second-order valence-corrected chi connectivity index (χ2v) is 5.17. The highest BCUT2D eigenvalue weighted by Crippen LogP contribution is 2.31. The van der Waals surface area contributed by atoms with Crippen LogP contribution >= 0.6 is 24.8 Å². The molecule has 21 heavy (non-hydrogen) atoms. The number of aryl methyl sites for hydroxylation is 1. The Hall–Kier alpha value is -0.810. The molecule has 0 unspecified atom stereocenters. The van der Waals surface area contributed by atoms with Crippen LogP contribution in [0.1, 0.15) is 17.3 Å². The number of hydrogen-bond acceptors (Lipinski definition) is 2. The SMILES string of the molecule is Cc1[nH]c2ccccc2c1[C@H](CF)N1CCNCC1.Cl.Cl. The summed E-state index contributed by atoms with van der Waals surface area (Å²) in [6.45, 7) is 5.42. The van der Waals surface area contributed by atoms with E-state index >= 15 is 0 Å². The molecule has 1 atom stereocenters. The Morgan fingerprint density at radius 3 is 2.52 bits per heavy atom. The predicted octanol–water partition coefficient (Wildman–Crippen LogP) is 3.24. The van der Waals surface area contributed by atoms with E-state index in [9.17, 15) is 4.39 Å². The van der Waals surface area contributed by atoms with E-state index in [1.165, 1.54) is 0 Å². The third-order valence-corrected chi connectivity index (χ3v) is 4.02. The Bertz CT molecular complexity index is 567. The molecular formula is C15H22Cl2FN3. The van der Waals surface area contributed by atoms with E-state index < -0.39 is 0 Å². The van der Waals surface area contributed by atoms with Gasteiger partial charge in [-0.15, -0.1) is 24.8 Å². The molecular weight excluding hydrogens is 312 g/mol. The van der Waals surface area contributed by atoms with Crippen molar-refractivity contribution >= 4 is 35.7 Å². The van der Waals surface area contributed by atoms with Gasteiger partial charge in [-0.2, -0.15) is 0 Å². The molecule has 0 aliphatic carbocycles. The lowest BCUT2D eigenvalue weighted by Crippen LogP contribution is -2.45. The van der Waals surface area contributed by atoms with Gasteiger partial charge in [0.15, 0.2) is 0 Å². The van der Waals surface area contributed by atoms with Gasteiger partial charge in [-0.3, -0.25) is 4.90 Å². The Morgan fingerprint density at radius 1 is 1.19 bits per heavy atom. The van der Waals surface area contributed by atoms with Crippen molar-refractivity contribution in [1.29, 1.82) is 0 Å². The molecule has 2 aromatic rings. The molecule has 3 rings (SSSR count). The van der Waals surface area contributed by atoms with Crippen molar-refractivity contribution in [2.75, 3.05) is 32.9 Å². The molecule has 6 heteroatoms. The fraction of sp³-hybridized carbons (Fsp3) is 0.467. The van der Waals surface area contributed by atoms with Crippen molar-refractivity contribution in [2.24, 2.45) is 0 Å². The monoisotopic (exact) mass is 333 g/mol. The number of fused-ring (bicyclic) bond motifs is 1. The summed E-state index contributed by atoms with van der Waals surface area (Å²) in [7, 11) is 0. The van der Waals surface area contributed by atoms with E-state index in [0.29, 0.717) is 0 Å². The lowest BCUT2D eigenvalue weighted by molar-refractivity contribution is 0.148. The van der Waals surface area contributed by atoms with Gasteiger partial charge in [-0.25, -0.2) is 4.39 Å². The lowest BCUT2D eigenvalue weighted by Gasteiger charge is -2.33. The normalized spacial score (nSPS) is 17.0. The molecule has 1 saturated heterocycles. The van der Waals surface area contributed by atoms with Gasteiger partial charge in [0.25, 0.3) is 0 Å². The van der Waals surface area contributed by atoms with Gasteiger partial charge in [0, 0.05) is 48.3 Å². The standard InChI is InChI=1S/C15H20FN3.2ClH/c1-11-15(12-4-2-3-5-13(12)18-11)14(10-16)19-8-6-17-7-9-19;;/h2-5,14,17-18H,6-10H2,1H3;2*1H/t14-;;/m0../s1. The highest BCUT2D eigenvalue weighted by atomic mass is 35.5. The molecule has 2 N–H and O–H groups in total. The molecule has 1 aliphatic rings. The largest absolute Gasteiger partial charge is 0.358 e. The Balaban J connectivity index is 0.00000110. The van der Waals surface area contributed by atoms with Gasteiger partial charge in [-0.1, -0.05) is 18.2 Å². The topological polar surface area (TPSA) is 31.1 Å². The second kappa shape index (κ2) is 7.99. The smallest absolute Gasteiger partial charge is 0.109 e. The fourth-order valence-electron chi connectivity index (χ4n) is 3.08. The van der Waals surface area contributed by atoms with Crippen LogP contribution in [0.5, 0.6) is 0 Å². The summed E-state index contributed by atoms with van der Waals surface area (Å²) in [5, 5.41) is 4.47. The first-order chi connectivity index (χ1) is 9.31. The van der Waals surface area contributed by atoms with Gasteiger partial charge in [0.1, 0.15) is 6.67 Å². The number of nitrogens with one attached hydrogen (secondary N) is 2. The summed E-state index contributed by atoms with van der Waals surface area (Å²) in [5.74, 6) is 0. The molecule has 1 aromatic heterocycles. The van der Waals surface area contributed by atoms with Crippen molar-refractivity contribution in [3.8, 4) is 0 Å². The number of para-hydroxylation sites is 1. The first kappa shape index (κ1) is 18.2. The average molecular weight is 334 g/mol. The van der Waals surface area contributed by atoms with Crippen LogP contribution in [0.25, 0.3) is 10.9 Å². The maximum Gasteiger partial charge on any atom is 0.109 e. The summed E-state index contributed by atoms with van der Waals surface area (Å²) in [4.78, 5) is 5.62. The predicted molar refractivity (Wildman–Crippen MR) is 90.7 cm³/mol. The minimum Gasteiger partial charge on any atom is -0.358 e. The summed E-state index contributed by atoms with van der Waals surface area (Å²) >= 11 is 0. The zero-order valence-corrected chi connectivity index (χ0v) is 13.7. The molecule has 0 bridgehead atoms. The van der Waals surface area contributed by atoms with Crippen LogP contribution in [0.15, 0.2) is 24.3 Å². The maximum absolute atomic E-state index is 13.6. The van der Waals surface area contributed by atoms with Crippen molar-refractivity contribution in [3.05, 3.63) is 35.5 Å². The van der Waals surface area contributed by atoms with Gasteiger partial charge < -0.3 is 10.3 Å². The van der Waals surface area contributed by atoms with E-state index in [0.717, 1.165) is 48.3 Å². The Kier molecular flexibility index (Phi) is 6.94. The third-order valence-electron chi connectivity index (χ3n) is 4.02. The van der Waals surface area contributed by atoms with Crippen LogP contribution in [0.4, 0.5) is 4.39 Å². The first-order valence-corrected chi connectivity index (χ1v) is 6.89. The molecule has 0 radical (unpaired) electrons. The van der Waals surface area contributed by atoms with Crippen LogP contribution in [0.2, 0.25) is 0 Å². The molecule has 0 saturated carbocycles. The zero-order chi connectivity index (χ0) is 13.2. The number of aromatic amines is 1. The summed E-state index contributed by atoms with van der Waals surface area (Å²) in [6, 6.07) is 8.04. The van der Waals surface area contributed by atoms with E-state index in [1.807, 2.05) is 19.1 Å². The lowest BCUT2D eigenvalue weighted by atomic mass is 10.0. The minimum atomic E-state index is -0.331. The van der Waals surface area contributed by atoms with Gasteiger partial charge in [0.05, 0.1) is 6.04 Å². The van der Waals surface area contributed by atoms with Crippen LogP contribution in [0.3, 0.4) is 0 Å². The number of H-pyrrole nitrogens is 1. The number of aromatic nitrogens is 1. The highest BCUT2D eigenvalue weighted by Gasteiger charge is 2.26. The number of alkyl halides is 1. The van der Waals surface area contributed by atoms with Crippen molar-refractivity contribution in [2.45, 2.75) is 13.0 Å². The van der Waals surface area contributed by atoms with Crippen molar-refractivity contribution in [1.82, 2.24) is 15.2 Å². The molecule has 2 heterocycles. The molecule has 1 aliphatic heterocycles. The van der Waals surface area contributed by atoms with E-state index in [2.05, 4.69) is 27.3 Å². The molecule has 118 valence electrons. The van der Waals surface area contributed by atoms with Crippen LogP contribution in [-0.4, -0.2) is 42.7 Å². The number of halogens is 3. The first-order valence-electron chi connectivity index (χ1n) is 6.89. The molecule has 3 nitrogen and oxygen atoms in total. The van der Waals surface area contributed by atoms with E-state index in [-0.39, 0.29) is 37.5 Å². The molecule has 0 amide bonds. The Morgan fingerprint density at radius 2 is 1.86 bits per heavy atom. The third kappa shape index (κ3) is 3.51. The molecule has 1 fully saturated rings. The maximum atomic E-state index is 13.6. The number of rotatable bonds is 3. The van der Waals surface area contributed by atoms with Crippen LogP contribution in [-0.2, 0) is 0 Å². The number of benzene rings is 1. The minimum absolute atomic E-state index is 0. The summed E-state index contributed by atoms with van der Waals surface area (Å²) < 4.78 is 13.6. The summed E-state index contributed by atoms with van der Waals surface area (Å²) in [6.07, 6.45) is 0. The van der Waals surface area contributed by atoms with Gasteiger partial charge >= 0.3 is 0 Å². The van der Waals surface area contributed by atoms with Crippen molar-refractivity contribution in [3.63, 3.8) is 0 Å². The zero-order valence-electron chi connectivity index (χ0n) is 12.1. The van der Waals surface area contributed by atoms with Gasteiger partial charge in [-0.05, 0) is 13.0 Å². The quantitative estimate of drug-likeness (QED) is 0.903. The molecule has 1 aromatic carbocycles. The summed E-state index contributed by atoms with van der Waals surface area (Å²) in [5.41, 5.74) is 3.31.